The molecule has 0 N–H and O–H groups in total. The molecule has 0 heterocycles. The first-order valence-corrected chi connectivity index (χ1v) is 8.27. The number of aryl methyl sites for hydroxylation is 1. The highest BCUT2D eigenvalue weighted by Gasteiger charge is 2.09. The number of hydrogen-bond acceptors (Lipinski definition) is 0. The molecule has 0 aliphatic carbocycles. The zero-order valence-electron chi connectivity index (χ0n) is 12.1. The first kappa shape index (κ1) is 15.8. The maximum Gasteiger partial charge on any atom is 0.0209 e. The van der Waals surface area contributed by atoms with Crippen LogP contribution in [0.2, 0.25) is 0 Å². The first-order valence-electron chi connectivity index (χ1n) is 7.35. The van der Waals surface area contributed by atoms with Gasteiger partial charge in [-0.05, 0) is 36.3 Å². The Morgan fingerprint density at radius 2 is 1.56 bits per heavy atom. The van der Waals surface area contributed by atoms with Crippen LogP contribution >= 0.6 is 15.9 Å². The molecule has 1 heteroatoms. The zero-order valence-corrected chi connectivity index (χ0v) is 13.7. The van der Waals surface area contributed by atoms with Crippen LogP contribution in [0.1, 0.15) is 57.6 Å². The van der Waals surface area contributed by atoms with Gasteiger partial charge in [0, 0.05) is 4.83 Å². The van der Waals surface area contributed by atoms with E-state index in [4.69, 9.17) is 0 Å². The second-order valence-corrected chi connectivity index (χ2v) is 6.77. The van der Waals surface area contributed by atoms with E-state index in [0.717, 1.165) is 6.42 Å². The number of hydrogen-bond donors (Lipinski definition) is 0. The summed E-state index contributed by atoms with van der Waals surface area (Å²) in [5.41, 5.74) is 2.94. The third-order valence-electron chi connectivity index (χ3n) is 3.50. The standard InChI is InChI=1S/C17H27Br/c1-4-5-6-7-8-15-9-11-16(12-10-15)13-17(18)14(2)3/h9-12,14,17H,4-8,13H2,1-3H3. The van der Waals surface area contributed by atoms with Gasteiger partial charge >= 0.3 is 0 Å². The fourth-order valence-corrected chi connectivity index (χ4v) is 2.43. The second-order valence-electron chi connectivity index (χ2n) is 5.59. The fourth-order valence-electron chi connectivity index (χ4n) is 2.06. The van der Waals surface area contributed by atoms with Gasteiger partial charge in [0.2, 0.25) is 0 Å². The van der Waals surface area contributed by atoms with Crippen LogP contribution in [-0.4, -0.2) is 4.83 Å². The molecule has 0 spiro atoms. The minimum atomic E-state index is 0.591. The number of rotatable bonds is 8. The van der Waals surface area contributed by atoms with Crippen molar-refractivity contribution >= 4 is 15.9 Å². The lowest BCUT2D eigenvalue weighted by molar-refractivity contribution is 0.613. The third kappa shape index (κ3) is 6.04. The highest BCUT2D eigenvalue weighted by atomic mass is 79.9. The van der Waals surface area contributed by atoms with Crippen molar-refractivity contribution in [3.8, 4) is 0 Å². The van der Waals surface area contributed by atoms with Gasteiger partial charge in [-0.25, -0.2) is 0 Å². The Morgan fingerprint density at radius 3 is 2.11 bits per heavy atom. The molecule has 0 aromatic heterocycles. The van der Waals surface area contributed by atoms with Crippen molar-refractivity contribution in [2.45, 2.75) is 64.1 Å². The highest BCUT2D eigenvalue weighted by molar-refractivity contribution is 9.09. The van der Waals surface area contributed by atoms with Crippen molar-refractivity contribution in [3.05, 3.63) is 35.4 Å². The summed E-state index contributed by atoms with van der Waals surface area (Å²) in [6.45, 7) is 6.79. The molecule has 1 aromatic carbocycles. The lowest BCUT2D eigenvalue weighted by Gasteiger charge is -2.13. The molecule has 0 aliphatic heterocycles. The predicted molar refractivity (Wildman–Crippen MR) is 85.5 cm³/mol. The molecule has 0 radical (unpaired) electrons. The van der Waals surface area contributed by atoms with Crippen LogP contribution in [-0.2, 0) is 12.8 Å². The van der Waals surface area contributed by atoms with Crippen LogP contribution < -0.4 is 0 Å². The highest BCUT2D eigenvalue weighted by Crippen LogP contribution is 2.18. The molecule has 0 fully saturated rings. The number of halogens is 1. The van der Waals surface area contributed by atoms with E-state index < -0.39 is 0 Å². The molecule has 0 nitrogen and oxygen atoms in total. The summed E-state index contributed by atoms with van der Waals surface area (Å²) in [5, 5.41) is 0. The molecule has 1 atom stereocenters. The summed E-state index contributed by atoms with van der Waals surface area (Å²) >= 11 is 3.76. The van der Waals surface area contributed by atoms with Crippen molar-refractivity contribution in [1.29, 1.82) is 0 Å². The summed E-state index contributed by atoms with van der Waals surface area (Å²) in [6, 6.07) is 9.21. The van der Waals surface area contributed by atoms with Gasteiger partial charge in [-0.3, -0.25) is 0 Å². The number of unbranched alkanes of at least 4 members (excludes halogenated alkanes) is 3. The molecule has 1 rings (SSSR count). The van der Waals surface area contributed by atoms with Crippen molar-refractivity contribution in [2.24, 2.45) is 5.92 Å². The Kier molecular flexibility index (Phi) is 7.65. The smallest absolute Gasteiger partial charge is 0.0209 e. The quantitative estimate of drug-likeness (QED) is 0.422. The van der Waals surface area contributed by atoms with Crippen LogP contribution in [0, 0.1) is 5.92 Å². The Bertz CT molecular complexity index is 313. The Morgan fingerprint density at radius 1 is 0.944 bits per heavy atom. The minimum absolute atomic E-state index is 0.591. The average Bonchev–Trinajstić information content (AvgIpc) is 2.36. The van der Waals surface area contributed by atoms with Gasteiger partial charge in [0.15, 0.2) is 0 Å². The lowest BCUT2D eigenvalue weighted by Crippen LogP contribution is -2.10. The van der Waals surface area contributed by atoms with Crippen molar-refractivity contribution in [1.82, 2.24) is 0 Å². The first-order chi connectivity index (χ1) is 8.63. The van der Waals surface area contributed by atoms with E-state index in [1.54, 1.807) is 0 Å². The summed E-state index contributed by atoms with van der Waals surface area (Å²) < 4.78 is 0. The topological polar surface area (TPSA) is 0 Å². The predicted octanol–water partition coefficient (Wildman–Crippen LogP) is 5.77. The fraction of sp³-hybridized carbons (Fsp3) is 0.647. The van der Waals surface area contributed by atoms with E-state index in [9.17, 15) is 0 Å². The van der Waals surface area contributed by atoms with Crippen LogP contribution in [0.15, 0.2) is 24.3 Å². The molecule has 0 bridgehead atoms. The lowest BCUT2D eigenvalue weighted by atomic mass is 10.00. The maximum absolute atomic E-state index is 3.76. The summed E-state index contributed by atoms with van der Waals surface area (Å²) in [7, 11) is 0. The SMILES string of the molecule is CCCCCCc1ccc(CC(Br)C(C)C)cc1. The third-order valence-corrected chi connectivity index (χ3v) is 4.88. The second kappa shape index (κ2) is 8.74. The molecule has 0 amide bonds. The molecular weight excluding hydrogens is 284 g/mol. The van der Waals surface area contributed by atoms with E-state index in [-0.39, 0.29) is 0 Å². The Labute approximate surface area is 121 Å². The van der Waals surface area contributed by atoms with Crippen LogP contribution in [0.4, 0.5) is 0 Å². The van der Waals surface area contributed by atoms with Gasteiger partial charge in [0.1, 0.15) is 0 Å². The van der Waals surface area contributed by atoms with Gasteiger partial charge in [-0.2, -0.15) is 0 Å². The van der Waals surface area contributed by atoms with Gasteiger partial charge in [0.05, 0.1) is 0 Å². The molecular formula is C17H27Br. The molecule has 18 heavy (non-hydrogen) atoms. The van der Waals surface area contributed by atoms with Crippen molar-refractivity contribution < 1.29 is 0 Å². The van der Waals surface area contributed by atoms with E-state index in [1.165, 1.54) is 43.2 Å². The van der Waals surface area contributed by atoms with Crippen molar-refractivity contribution in [2.75, 3.05) is 0 Å². The summed E-state index contributed by atoms with van der Waals surface area (Å²) in [6.07, 6.45) is 7.77. The molecule has 1 unspecified atom stereocenters. The minimum Gasteiger partial charge on any atom is -0.0884 e. The van der Waals surface area contributed by atoms with Crippen LogP contribution in [0.5, 0.6) is 0 Å². The summed E-state index contributed by atoms with van der Waals surface area (Å²) in [5.74, 6) is 0.693. The molecule has 1 aromatic rings. The average molecular weight is 311 g/mol. The monoisotopic (exact) mass is 310 g/mol. The van der Waals surface area contributed by atoms with Gasteiger partial charge in [0.25, 0.3) is 0 Å². The molecule has 0 saturated heterocycles. The molecule has 0 saturated carbocycles. The Hall–Kier alpha value is -0.300. The largest absolute Gasteiger partial charge is 0.0884 e. The van der Waals surface area contributed by atoms with E-state index in [2.05, 4.69) is 61.0 Å². The van der Waals surface area contributed by atoms with Crippen molar-refractivity contribution in [3.63, 3.8) is 0 Å². The van der Waals surface area contributed by atoms with Crippen LogP contribution in [0.3, 0.4) is 0 Å². The zero-order chi connectivity index (χ0) is 13.4. The number of alkyl halides is 1. The Balaban J connectivity index is 2.37. The van der Waals surface area contributed by atoms with Crippen LogP contribution in [0.25, 0.3) is 0 Å². The van der Waals surface area contributed by atoms with Gasteiger partial charge in [-0.15, -0.1) is 0 Å². The van der Waals surface area contributed by atoms with E-state index in [1.807, 2.05) is 0 Å². The van der Waals surface area contributed by atoms with Gasteiger partial charge in [-0.1, -0.05) is 80.2 Å². The number of benzene rings is 1. The van der Waals surface area contributed by atoms with E-state index in [0.29, 0.717) is 10.7 Å². The van der Waals surface area contributed by atoms with E-state index >= 15 is 0 Å². The summed E-state index contributed by atoms with van der Waals surface area (Å²) in [4.78, 5) is 0.591. The molecule has 102 valence electrons. The maximum atomic E-state index is 3.76. The molecule has 0 aliphatic rings. The normalized spacial score (nSPS) is 12.9. The van der Waals surface area contributed by atoms with Gasteiger partial charge < -0.3 is 0 Å².